The quantitative estimate of drug-likeness (QED) is 0.0512. The van der Waals surface area contributed by atoms with Crippen LogP contribution in [0.5, 0.6) is 0 Å². The molecule has 420 valence electrons. The summed E-state index contributed by atoms with van der Waals surface area (Å²) in [5.74, 6) is -15.7. The number of aromatic nitrogens is 5. The van der Waals surface area contributed by atoms with Gasteiger partial charge in [-0.05, 0) is 68.0 Å². The average Bonchev–Trinajstić information content (AvgIpc) is 3.91. The summed E-state index contributed by atoms with van der Waals surface area (Å²) < 4.78 is 198. The van der Waals surface area contributed by atoms with E-state index in [1.807, 2.05) is 0 Å². The second kappa shape index (κ2) is 21.1. The highest BCUT2D eigenvalue weighted by Gasteiger charge is 2.57. The molecule has 1 aliphatic rings. The van der Waals surface area contributed by atoms with Gasteiger partial charge < -0.3 is 20.8 Å². The molecule has 2 aromatic carbocycles. The molecule has 1 aliphatic carbocycles. The van der Waals surface area contributed by atoms with Gasteiger partial charge in [-0.1, -0.05) is 37.4 Å². The molecule has 0 spiro atoms. The zero-order valence-corrected chi connectivity index (χ0v) is 43.3. The summed E-state index contributed by atoms with van der Waals surface area (Å²) in [6.45, 7) is 0.832. The number of carbonyl (C=O) groups excluding carboxylic acids is 3. The number of fused-ring (bicyclic) bond motifs is 2. The summed E-state index contributed by atoms with van der Waals surface area (Å²) >= 11 is 6.55. The summed E-state index contributed by atoms with van der Waals surface area (Å²) in [6, 6.07) is 1.50. The molecule has 0 saturated heterocycles. The molecule has 3 heterocycles. The SMILES string of the molecule is C[C@@H]1c2c(C(F)(F)F)nn(CC(=O)N[C@@H](Cc3cc(F)cc(F)c3)c3nc(C#CC(C)(C)S(C)(=O)=O)ccc3-c3ccc(Cl)c4c(N(C(=O)C(=O)N[C@@H](CC(=O)O)C(=O)O)S(C)(=O)=O)nn(CC(F)(F)F)c34)c2C(F)(F)[C@@H]1C. The number of anilines is 1. The number of sulfone groups is 1. The van der Waals surface area contributed by atoms with Crippen LogP contribution >= 0.6 is 11.6 Å². The lowest BCUT2D eigenvalue weighted by Gasteiger charge is -2.24. The number of alkyl halides is 8. The van der Waals surface area contributed by atoms with Gasteiger partial charge in [0.25, 0.3) is 5.92 Å². The largest absolute Gasteiger partial charge is 0.481 e. The molecule has 4 N–H and O–H groups in total. The Labute approximate surface area is 439 Å². The maximum absolute atomic E-state index is 15.8. The van der Waals surface area contributed by atoms with Crippen molar-refractivity contribution in [2.75, 3.05) is 16.8 Å². The lowest BCUT2D eigenvalue weighted by atomic mass is 9.93. The van der Waals surface area contributed by atoms with E-state index >= 15 is 8.78 Å². The summed E-state index contributed by atoms with van der Waals surface area (Å²) in [6.07, 6.45) is -11.7. The normalized spacial score (nSPS) is 16.4. The van der Waals surface area contributed by atoms with Gasteiger partial charge in [-0.15, -0.1) is 0 Å². The number of sulfonamides is 1. The fourth-order valence-electron chi connectivity index (χ4n) is 8.26. The number of halogens is 11. The van der Waals surface area contributed by atoms with Crippen molar-refractivity contribution < 1.29 is 94.9 Å². The van der Waals surface area contributed by atoms with Crippen molar-refractivity contribution in [1.29, 1.82) is 0 Å². The molecule has 0 unspecified atom stereocenters. The molecule has 0 radical (unpaired) electrons. The van der Waals surface area contributed by atoms with Gasteiger partial charge in [0, 0.05) is 34.9 Å². The van der Waals surface area contributed by atoms with Gasteiger partial charge in [-0.3, -0.25) is 28.5 Å². The first-order valence-electron chi connectivity index (χ1n) is 22.2. The van der Waals surface area contributed by atoms with E-state index in [4.69, 9.17) is 16.7 Å². The standard InChI is InChI=1S/C46H41ClF10N8O11S2/c1-20-21(2)45(53,54)38-33(20)37(46(55,56)57)61-63(38)18-31(66)59-29(15-22-13-23(48)16-24(49)14-22)35-26(8-7-25(58-35)11-12-43(3,4)77(5,73)74)27-9-10-28(47)34-36(27)64(19-44(50,51)52)62-39(34)65(78(6,75)76)41(70)40(69)60-30(42(71)72)17-32(67)68/h7-10,13-14,16,20-21,29-30H,15,17-19H2,1-6H3,(H,59,66)(H,60,69)(H,67,68)(H,71,72)/t20-,21+,29-,30-/m0/s1. The molecule has 0 fully saturated rings. The molecule has 6 rings (SSSR count). The van der Waals surface area contributed by atoms with Crippen LogP contribution in [0, 0.1) is 29.4 Å². The second-order valence-corrected chi connectivity index (χ2v) is 23.2. The van der Waals surface area contributed by atoms with Crippen LogP contribution in [0.1, 0.15) is 80.0 Å². The molecular formula is C46H41ClF10N8O11S2. The Morgan fingerprint density at radius 2 is 1.49 bits per heavy atom. The Bertz CT molecular complexity index is 3590. The van der Waals surface area contributed by atoms with Crippen molar-refractivity contribution in [2.45, 2.75) is 94.6 Å². The van der Waals surface area contributed by atoms with Crippen LogP contribution < -0.4 is 14.9 Å². The minimum absolute atomic E-state index is 0.0417. The lowest BCUT2D eigenvalue weighted by Crippen LogP contribution is -2.51. The van der Waals surface area contributed by atoms with E-state index in [1.165, 1.54) is 19.2 Å². The van der Waals surface area contributed by atoms with Crippen LogP contribution in [-0.4, -0.2) is 111 Å². The second-order valence-electron chi connectivity index (χ2n) is 18.4. The number of hydrogen-bond donors (Lipinski definition) is 4. The van der Waals surface area contributed by atoms with Crippen LogP contribution in [0.2, 0.25) is 5.02 Å². The van der Waals surface area contributed by atoms with E-state index in [2.05, 4.69) is 32.3 Å². The molecule has 0 saturated carbocycles. The predicted molar refractivity (Wildman–Crippen MR) is 254 cm³/mol. The third-order valence-electron chi connectivity index (χ3n) is 12.3. The number of hydrogen-bond acceptors (Lipinski definition) is 12. The highest BCUT2D eigenvalue weighted by atomic mass is 35.5. The van der Waals surface area contributed by atoms with E-state index < -0.39 is 200 Å². The van der Waals surface area contributed by atoms with Gasteiger partial charge in [0.15, 0.2) is 21.3 Å². The highest BCUT2D eigenvalue weighted by molar-refractivity contribution is 7.93. The number of nitrogens with one attached hydrogen (secondary N) is 2. The molecule has 78 heavy (non-hydrogen) atoms. The monoisotopic (exact) mass is 1170 g/mol. The van der Waals surface area contributed by atoms with Gasteiger partial charge >= 0.3 is 36.1 Å². The minimum Gasteiger partial charge on any atom is -0.481 e. The fraction of sp³-hybridized carbons (Fsp3) is 0.391. The number of aliphatic carboxylic acids is 2. The minimum atomic E-state index is -5.32. The Balaban J connectivity index is 1.66. The molecular weight excluding hydrogens is 1130 g/mol. The molecule has 4 atom stereocenters. The van der Waals surface area contributed by atoms with Crippen LogP contribution in [0.3, 0.4) is 0 Å². The first kappa shape index (κ1) is 59.9. The van der Waals surface area contributed by atoms with Crippen molar-refractivity contribution in [3.63, 3.8) is 0 Å². The number of carbonyl (C=O) groups is 5. The van der Waals surface area contributed by atoms with Gasteiger partial charge in [-0.2, -0.15) is 49.6 Å². The topological polar surface area (TPSA) is 270 Å². The molecule has 0 aliphatic heterocycles. The zero-order chi connectivity index (χ0) is 58.7. The van der Waals surface area contributed by atoms with Gasteiger partial charge in [0.05, 0.1) is 40.3 Å². The maximum Gasteiger partial charge on any atom is 0.435 e. The van der Waals surface area contributed by atoms with Crippen molar-refractivity contribution in [3.05, 3.63) is 93.0 Å². The average molecular weight is 1170 g/mol. The summed E-state index contributed by atoms with van der Waals surface area (Å²) in [4.78, 5) is 68.8. The third kappa shape index (κ3) is 12.5. The smallest absolute Gasteiger partial charge is 0.435 e. The summed E-state index contributed by atoms with van der Waals surface area (Å²) in [5, 5.41) is 27.9. The molecule has 19 nitrogen and oxygen atoms in total. The summed E-state index contributed by atoms with van der Waals surface area (Å²) in [5.41, 5.74) is -7.16. The number of benzene rings is 2. The number of pyridine rings is 1. The number of nitrogens with zero attached hydrogens (tertiary/aromatic N) is 6. The van der Waals surface area contributed by atoms with Crippen molar-refractivity contribution in [2.24, 2.45) is 5.92 Å². The Hall–Kier alpha value is -7.33. The number of carboxylic acids is 2. The first-order valence-corrected chi connectivity index (χ1v) is 26.4. The molecule has 5 aromatic rings. The molecule has 32 heteroatoms. The van der Waals surface area contributed by atoms with E-state index in [-0.39, 0.29) is 21.2 Å². The lowest BCUT2D eigenvalue weighted by molar-refractivity contribution is -0.148. The van der Waals surface area contributed by atoms with Crippen LogP contribution in [0.25, 0.3) is 22.0 Å². The van der Waals surface area contributed by atoms with Gasteiger partial charge in [-0.25, -0.2) is 35.4 Å². The van der Waals surface area contributed by atoms with Gasteiger partial charge in [0.1, 0.15) is 46.9 Å². The Morgan fingerprint density at radius 3 is 2.03 bits per heavy atom. The first-order chi connectivity index (χ1) is 35.6. The van der Waals surface area contributed by atoms with E-state index in [0.717, 1.165) is 56.5 Å². The molecule has 3 aromatic heterocycles. The van der Waals surface area contributed by atoms with Crippen LogP contribution in [0.4, 0.5) is 49.7 Å². The zero-order valence-electron chi connectivity index (χ0n) is 40.9. The van der Waals surface area contributed by atoms with Gasteiger partial charge in [0.2, 0.25) is 15.9 Å². The Kier molecular flexibility index (Phi) is 16.2. The number of amides is 3. The third-order valence-corrected chi connectivity index (χ3v) is 15.6. The van der Waals surface area contributed by atoms with E-state index in [0.29, 0.717) is 6.07 Å². The highest BCUT2D eigenvalue weighted by Crippen LogP contribution is 2.55. The van der Waals surface area contributed by atoms with Crippen molar-refractivity contribution in [1.82, 2.24) is 35.2 Å². The number of carboxylic acid groups (broad SMARTS) is 2. The Morgan fingerprint density at radius 1 is 0.885 bits per heavy atom. The maximum atomic E-state index is 15.8. The number of rotatable bonds is 15. The van der Waals surface area contributed by atoms with Crippen LogP contribution in [0.15, 0.2) is 42.5 Å². The fourth-order valence-corrected chi connectivity index (χ4v) is 9.56. The van der Waals surface area contributed by atoms with Crippen molar-refractivity contribution in [3.8, 4) is 23.0 Å². The van der Waals surface area contributed by atoms with E-state index in [9.17, 15) is 81.0 Å². The van der Waals surface area contributed by atoms with E-state index in [1.54, 1.807) is 0 Å². The molecule has 3 amide bonds. The summed E-state index contributed by atoms with van der Waals surface area (Å²) in [7, 11) is -9.25. The molecule has 0 bridgehead atoms. The predicted octanol–water partition coefficient (Wildman–Crippen LogP) is 6.26. The van der Waals surface area contributed by atoms with Crippen molar-refractivity contribution >= 4 is 77.8 Å². The van der Waals surface area contributed by atoms with Crippen LogP contribution in [-0.2, 0) is 75.4 Å².